The molecule has 0 fully saturated rings. The quantitative estimate of drug-likeness (QED) is 0.806. The zero-order valence-electron chi connectivity index (χ0n) is 13.5. The first-order valence-electron chi connectivity index (χ1n) is 6.79. The van der Waals surface area contributed by atoms with Crippen molar-refractivity contribution in [2.75, 3.05) is 47.9 Å². The summed E-state index contributed by atoms with van der Waals surface area (Å²) in [7, 11) is 6.90. The van der Waals surface area contributed by atoms with Gasteiger partial charge in [-0.05, 0) is 19.2 Å². The van der Waals surface area contributed by atoms with Crippen molar-refractivity contribution >= 4 is 24.2 Å². The topological polar surface area (TPSA) is 61.9 Å². The summed E-state index contributed by atoms with van der Waals surface area (Å²) >= 11 is 0. The van der Waals surface area contributed by atoms with Crippen molar-refractivity contribution in [3.05, 3.63) is 29.8 Å². The minimum atomic E-state index is -0.152. The van der Waals surface area contributed by atoms with Gasteiger partial charge in [0.25, 0.3) is 11.8 Å². The Labute approximate surface area is 137 Å². The minimum Gasteiger partial charge on any atom is -0.483 e. The van der Waals surface area contributed by atoms with Gasteiger partial charge in [0.15, 0.2) is 6.61 Å². The molecule has 0 saturated carbocycles. The van der Waals surface area contributed by atoms with Crippen LogP contribution in [0.25, 0.3) is 0 Å². The highest BCUT2D eigenvalue weighted by atomic mass is 35.5. The van der Waals surface area contributed by atoms with Crippen molar-refractivity contribution < 1.29 is 14.3 Å². The Balaban J connectivity index is 0.00000441. The summed E-state index contributed by atoms with van der Waals surface area (Å²) in [5.74, 6) is 0.146. The molecule has 7 heteroatoms. The number of benzene rings is 1. The summed E-state index contributed by atoms with van der Waals surface area (Å²) in [6, 6.07) is 6.95. The number of hydrogen-bond acceptors (Lipinski definition) is 4. The molecular formula is C15H24ClN3O3. The lowest BCUT2D eigenvalue weighted by Gasteiger charge is -2.19. The standard InChI is InChI=1S/C15H23N3O3.ClH/c1-16-9-10-18(4)15(20)12-7-5-6-8-13(12)21-11-14(19)17(2)3;/h5-8,16H,9-11H2,1-4H3;1H. The first-order chi connectivity index (χ1) is 9.97. The van der Waals surface area contributed by atoms with Gasteiger partial charge >= 0.3 is 0 Å². The second-order valence-corrected chi connectivity index (χ2v) is 4.90. The Kier molecular flexibility index (Phi) is 9.21. The van der Waals surface area contributed by atoms with E-state index in [4.69, 9.17) is 4.74 Å². The maximum Gasteiger partial charge on any atom is 0.259 e. The predicted molar refractivity (Wildman–Crippen MR) is 88.8 cm³/mol. The molecule has 0 heterocycles. The largest absolute Gasteiger partial charge is 0.483 e. The molecule has 1 aromatic rings. The molecule has 124 valence electrons. The van der Waals surface area contributed by atoms with Crippen LogP contribution in [0.4, 0.5) is 0 Å². The lowest BCUT2D eigenvalue weighted by Crippen LogP contribution is -2.33. The number of carbonyl (C=O) groups is 2. The van der Waals surface area contributed by atoms with Crippen LogP contribution >= 0.6 is 12.4 Å². The highest BCUT2D eigenvalue weighted by Crippen LogP contribution is 2.19. The smallest absolute Gasteiger partial charge is 0.259 e. The molecule has 0 aliphatic carbocycles. The first kappa shape index (κ1) is 20.2. The van der Waals surface area contributed by atoms with Gasteiger partial charge in [-0.2, -0.15) is 0 Å². The SMILES string of the molecule is CNCCN(C)C(=O)c1ccccc1OCC(=O)N(C)C.Cl. The number of nitrogens with one attached hydrogen (secondary N) is 1. The number of rotatable bonds is 7. The van der Waals surface area contributed by atoms with Gasteiger partial charge in [0.1, 0.15) is 5.75 Å². The number of para-hydroxylation sites is 1. The number of halogens is 1. The van der Waals surface area contributed by atoms with Crippen LogP contribution in [0.15, 0.2) is 24.3 Å². The van der Waals surface area contributed by atoms with E-state index in [9.17, 15) is 9.59 Å². The van der Waals surface area contributed by atoms with E-state index in [1.807, 2.05) is 7.05 Å². The number of hydrogen-bond donors (Lipinski definition) is 1. The molecule has 0 radical (unpaired) electrons. The van der Waals surface area contributed by atoms with Crippen LogP contribution < -0.4 is 10.1 Å². The number of carbonyl (C=O) groups excluding carboxylic acids is 2. The highest BCUT2D eigenvalue weighted by molar-refractivity contribution is 5.96. The molecule has 1 aromatic carbocycles. The molecule has 0 aliphatic rings. The van der Waals surface area contributed by atoms with E-state index < -0.39 is 0 Å². The fraction of sp³-hybridized carbons (Fsp3) is 0.467. The molecule has 1 N–H and O–H groups in total. The van der Waals surface area contributed by atoms with Crippen LogP contribution in [0, 0.1) is 0 Å². The van der Waals surface area contributed by atoms with Gasteiger partial charge in [0.05, 0.1) is 5.56 Å². The molecule has 0 aliphatic heterocycles. The van der Waals surface area contributed by atoms with E-state index in [0.29, 0.717) is 24.4 Å². The van der Waals surface area contributed by atoms with Crippen molar-refractivity contribution in [3.8, 4) is 5.75 Å². The van der Waals surface area contributed by atoms with Gasteiger partial charge in [-0.3, -0.25) is 9.59 Å². The Morgan fingerprint density at radius 2 is 1.82 bits per heavy atom. The molecule has 0 atom stereocenters. The van der Waals surface area contributed by atoms with Gasteiger partial charge in [-0.1, -0.05) is 12.1 Å². The zero-order chi connectivity index (χ0) is 15.8. The van der Waals surface area contributed by atoms with E-state index in [2.05, 4.69) is 5.32 Å². The molecule has 0 bridgehead atoms. The molecule has 0 aromatic heterocycles. The lowest BCUT2D eigenvalue weighted by atomic mass is 10.1. The Morgan fingerprint density at radius 3 is 2.41 bits per heavy atom. The second kappa shape index (κ2) is 10.0. The molecule has 0 spiro atoms. The number of nitrogens with zero attached hydrogens (tertiary/aromatic N) is 2. The van der Waals surface area contributed by atoms with Crippen LogP contribution in [-0.2, 0) is 4.79 Å². The minimum absolute atomic E-state index is 0. The van der Waals surface area contributed by atoms with Crippen LogP contribution in [0.2, 0.25) is 0 Å². The lowest BCUT2D eigenvalue weighted by molar-refractivity contribution is -0.130. The van der Waals surface area contributed by atoms with Crippen LogP contribution in [-0.4, -0.2) is 69.5 Å². The zero-order valence-corrected chi connectivity index (χ0v) is 14.3. The fourth-order valence-electron chi connectivity index (χ4n) is 1.62. The monoisotopic (exact) mass is 329 g/mol. The van der Waals surface area contributed by atoms with Gasteiger partial charge in [0, 0.05) is 34.2 Å². The van der Waals surface area contributed by atoms with Crippen molar-refractivity contribution in [2.45, 2.75) is 0 Å². The molecule has 1 rings (SSSR count). The Hall–Kier alpha value is -1.79. The highest BCUT2D eigenvalue weighted by Gasteiger charge is 2.17. The molecule has 2 amide bonds. The molecule has 22 heavy (non-hydrogen) atoms. The van der Waals surface area contributed by atoms with Crippen molar-refractivity contribution in [1.29, 1.82) is 0 Å². The van der Waals surface area contributed by atoms with Gasteiger partial charge < -0.3 is 19.9 Å². The van der Waals surface area contributed by atoms with Gasteiger partial charge in [0.2, 0.25) is 0 Å². The third-order valence-corrected chi connectivity index (χ3v) is 3.01. The Bertz CT molecular complexity index is 495. The Morgan fingerprint density at radius 1 is 1.18 bits per heavy atom. The van der Waals surface area contributed by atoms with Crippen LogP contribution in [0.1, 0.15) is 10.4 Å². The molecule has 0 unspecified atom stereocenters. The van der Waals surface area contributed by atoms with Gasteiger partial charge in [-0.25, -0.2) is 0 Å². The molecule has 0 saturated heterocycles. The van der Waals surface area contributed by atoms with Crippen molar-refractivity contribution in [1.82, 2.24) is 15.1 Å². The van der Waals surface area contributed by atoms with Crippen molar-refractivity contribution in [2.24, 2.45) is 0 Å². The molecular weight excluding hydrogens is 306 g/mol. The van der Waals surface area contributed by atoms with Crippen LogP contribution in [0.3, 0.4) is 0 Å². The van der Waals surface area contributed by atoms with E-state index in [-0.39, 0.29) is 30.8 Å². The summed E-state index contributed by atoms with van der Waals surface area (Å²) in [5.41, 5.74) is 0.461. The van der Waals surface area contributed by atoms with Crippen LogP contribution in [0.5, 0.6) is 5.75 Å². The number of likely N-dealkylation sites (N-methyl/N-ethyl adjacent to an activating group) is 3. The number of amides is 2. The average Bonchev–Trinajstić information content (AvgIpc) is 2.49. The van der Waals surface area contributed by atoms with E-state index in [1.165, 1.54) is 4.90 Å². The summed E-state index contributed by atoms with van der Waals surface area (Å²) in [6.45, 7) is 1.22. The third kappa shape index (κ3) is 5.91. The average molecular weight is 330 g/mol. The normalized spacial score (nSPS) is 9.64. The maximum atomic E-state index is 12.4. The third-order valence-electron chi connectivity index (χ3n) is 3.01. The summed E-state index contributed by atoms with van der Waals surface area (Å²) in [5, 5.41) is 3.00. The fourth-order valence-corrected chi connectivity index (χ4v) is 1.62. The van der Waals surface area contributed by atoms with E-state index >= 15 is 0 Å². The maximum absolute atomic E-state index is 12.4. The number of ether oxygens (including phenoxy) is 1. The summed E-state index contributed by atoms with van der Waals surface area (Å²) in [6.07, 6.45) is 0. The van der Waals surface area contributed by atoms with Gasteiger partial charge in [-0.15, -0.1) is 12.4 Å². The second-order valence-electron chi connectivity index (χ2n) is 4.90. The first-order valence-corrected chi connectivity index (χ1v) is 6.79. The van der Waals surface area contributed by atoms with Crippen molar-refractivity contribution in [3.63, 3.8) is 0 Å². The summed E-state index contributed by atoms with van der Waals surface area (Å²) in [4.78, 5) is 27.0. The van der Waals surface area contributed by atoms with E-state index in [1.54, 1.807) is 50.3 Å². The molecule has 6 nitrogen and oxygen atoms in total. The summed E-state index contributed by atoms with van der Waals surface area (Å²) < 4.78 is 5.48. The predicted octanol–water partition coefficient (Wildman–Crippen LogP) is 0.867. The van der Waals surface area contributed by atoms with E-state index in [0.717, 1.165) is 0 Å².